The fourth-order valence-corrected chi connectivity index (χ4v) is 3.46. The molecule has 1 aromatic carbocycles. The fraction of sp³-hybridized carbons (Fsp3) is 0.524. The van der Waals surface area contributed by atoms with Crippen molar-refractivity contribution in [1.29, 1.82) is 0 Å². The molecule has 5 nitrogen and oxygen atoms in total. The zero-order valence-electron chi connectivity index (χ0n) is 16.0. The molecule has 0 spiro atoms. The van der Waals surface area contributed by atoms with Gasteiger partial charge in [0.1, 0.15) is 0 Å². The van der Waals surface area contributed by atoms with Gasteiger partial charge in [0, 0.05) is 31.9 Å². The first-order valence-electron chi connectivity index (χ1n) is 9.73. The summed E-state index contributed by atoms with van der Waals surface area (Å²) in [6, 6.07) is 10.9. The van der Waals surface area contributed by atoms with Crippen LogP contribution in [-0.4, -0.2) is 58.2 Å². The minimum absolute atomic E-state index is 0.114. The number of nitrogens with zero attached hydrogens (tertiary/aromatic N) is 4. The lowest BCUT2D eigenvalue weighted by Crippen LogP contribution is -2.35. The third kappa shape index (κ3) is 4.94. The summed E-state index contributed by atoms with van der Waals surface area (Å²) in [5.41, 5.74) is 2.11. The average Bonchev–Trinajstić information content (AvgIpc) is 3.03. The van der Waals surface area contributed by atoms with Crippen molar-refractivity contribution in [1.82, 2.24) is 19.6 Å². The molecule has 1 amide bonds. The lowest BCUT2D eigenvalue weighted by molar-refractivity contribution is 0.0761. The Morgan fingerprint density at radius 2 is 1.92 bits per heavy atom. The van der Waals surface area contributed by atoms with Crippen molar-refractivity contribution in [2.75, 3.05) is 32.7 Å². The third-order valence-electron chi connectivity index (χ3n) is 5.04. The summed E-state index contributed by atoms with van der Waals surface area (Å²) in [5, 5.41) is 4.30. The molecule has 0 atom stereocenters. The predicted molar refractivity (Wildman–Crippen MR) is 104 cm³/mol. The first-order valence-corrected chi connectivity index (χ1v) is 9.73. The van der Waals surface area contributed by atoms with Gasteiger partial charge in [-0.05, 0) is 51.8 Å². The summed E-state index contributed by atoms with van der Waals surface area (Å²) in [6.45, 7) is 8.91. The normalized spacial score (nSPS) is 16.0. The lowest BCUT2D eigenvalue weighted by Gasteiger charge is -2.21. The highest BCUT2D eigenvalue weighted by molar-refractivity contribution is 5.93. The van der Waals surface area contributed by atoms with E-state index in [1.54, 1.807) is 6.20 Å². The molecule has 5 heteroatoms. The van der Waals surface area contributed by atoms with Crippen LogP contribution in [0.1, 0.15) is 48.7 Å². The molecular weight excluding hydrogens is 324 g/mol. The Morgan fingerprint density at radius 3 is 2.65 bits per heavy atom. The Hall–Kier alpha value is -2.14. The largest absolute Gasteiger partial charge is 0.337 e. The van der Waals surface area contributed by atoms with Crippen LogP contribution in [0.3, 0.4) is 0 Å². The smallest absolute Gasteiger partial charge is 0.257 e. The van der Waals surface area contributed by atoms with Crippen LogP contribution in [0.4, 0.5) is 0 Å². The highest BCUT2D eigenvalue weighted by Gasteiger charge is 2.21. The molecule has 1 fully saturated rings. The number of aryl methyl sites for hydroxylation is 1. The highest BCUT2D eigenvalue weighted by atomic mass is 16.2. The van der Waals surface area contributed by atoms with Crippen LogP contribution in [0.25, 0.3) is 0 Å². The van der Waals surface area contributed by atoms with Crippen LogP contribution in [0.5, 0.6) is 0 Å². The minimum Gasteiger partial charge on any atom is -0.337 e. The molecule has 26 heavy (non-hydrogen) atoms. The van der Waals surface area contributed by atoms with Crippen LogP contribution in [0.15, 0.2) is 42.7 Å². The highest BCUT2D eigenvalue weighted by Crippen LogP contribution is 2.12. The summed E-state index contributed by atoms with van der Waals surface area (Å²) in [5.74, 6) is 0.114. The number of hydrogen-bond acceptors (Lipinski definition) is 3. The van der Waals surface area contributed by atoms with Gasteiger partial charge in [0.2, 0.25) is 0 Å². The van der Waals surface area contributed by atoms with Crippen molar-refractivity contribution in [2.24, 2.45) is 0 Å². The molecule has 0 N–H and O–H groups in total. The molecule has 1 saturated heterocycles. The summed E-state index contributed by atoms with van der Waals surface area (Å²) >= 11 is 0. The molecule has 140 valence electrons. The van der Waals surface area contributed by atoms with Gasteiger partial charge in [0.05, 0.1) is 11.8 Å². The molecule has 0 unspecified atom stereocenters. The first kappa shape index (κ1) is 18.6. The number of rotatable bonds is 6. The maximum absolute atomic E-state index is 12.7. The van der Waals surface area contributed by atoms with Gasteiger partial charge in [0.25, 0.3) is 5.91 Å². The van der Waals surface area contributed by atoms with Crippen LogP contribution in [0, 0.1) is 0 Å². The van der Waals surface area contributed by atoms with Crippen LogP contribution >= 0.6 is 0 Å². The van der Waals surface area contributed by atoms with Crippen molar-refractivity contribution in [3.05, 3.63) is 53.9 Å². The molecule has 1 aliphatic rings. The number of amides is 1. The third-order valence-corrected chi connectivity index (χ3v) is 5.04. The van der Waals surface area contributed by atoms with Crippen LogP contribution < -0.4 is 0 Å². The summed E-state index contributed by atoms with van der Waals surface area (Å²) < 4.78 is 1.85. The molecule has 0 saturated carbocycles. The Labute approximate surface area is 156 Å². The lowest BCUT2D eigenvalue weighted by atomic mass is 10.1. The topological polar surface area (TPSA) is 41.4 Å². The molecule has 1 aromatic heterocycles. The number of hydrogen-bond donors (Lipinski definition) is 0. The average molecular weight is 354 g/mol. The zero-order chi connectivity index (χ0) is 18.4. The molecule has 0 radical (unpaired) electrons. The van der Waals surface area contributed by atoms with E-state index in [0.29, 0.717) is 5.56 Å². The maximum Gasteiger partial charge on any atom is 0.257 e. The quantitative estimate of drug-likeness (QED) is 0.800. The molecule has 0 bridgehead atoms. The maximum atomic E-state index is 12.7. The van der Waals surface area contributed by atoms with Crippen molar-refractivity contribution in [3.63, 3.8) is 0 Å². The Kier molecular flexibility index (Phi) is 6.45. The van der Waals surface area contributed by atoms with Crippen LogP contribution in [-0.2, 0) is 6.42 Å². The molecule has 3 rings (SSSR count). The van der Waals surface area contributed by atoms with E-state index in [4.69, 9.17) is 0 Å². The number of carbonyl (C=O) groups excluding carboxylic acids is 1. The van der Waals surface area contributed by atoms with Crippen LogP contribution in [0.2, 0.25) is 0 Å². The van der Waals surface area contributed by atoms with Crippen molar-refractivity contribution in [2.45, 2.75) is 39.2 Å². The number of carbonyl (C=O) groups is 1. The summed E-state index contributed by atoms with van der Waals surface area (Å²) in [4.78, 5) is 17.2. The Balaban J connectivity index is 1.47. The SMILES string of the molecule is CC(C)n1cc(C(=O)N2CCCN(CCCc3ccccc3)CC2)cn1. The minimum atomic E-state index is 0.114. The van der Waals surface area contributed by atoms with E-state index in [0.717, 1.165) is 45.6 Å². The monoisotopic (exact) mass is 354 g/mol. The second kappa shape index (κ2) is 8.99. The van der Waals surface area contributed by atoms with E-state index >= 15 is 0 Å². The second-order valence-corrected chi connectivity index (χ2v) is 7.38. The first-order chi connectivity index (χ1) is 12.6. The molecular formula is C21H30N4O. The zero-order valence-corrected chi connectivity index (χ0v) is 16.0. The number of aromatic nitrogens is 2. The van der Waals surface area contributed by atoms with E-state index in [1.165, 1.54) is 12.0 Å². The molecule has 2 aromatic rings. The second-order valence-electron chi connectivity index (χ2n) is 7.38. The molecule has 1 aliphatic heterocycles. The van der Waals surface area contributed by atoms with E-state index in [9.17, 15) is 4.79 Å². The number of benzene rings is 1. The molecule has 2 heterocycles. The van der Waals surface area contributed by atoms with E-state index in [1.807, 2.05) is 15.8 Å². The van der Waals surface area contributed by atoms with Gasteiger partial charge in [-0.3, -0.25) is 9.48 Å². The van der Waals surface area contributed by atoms with E-state index < -0.39 is 0 Å². The Bertz CT molecular complexity index is 695. The predicted octanol–water partition coefficient (Wildman–Crippen LogP) is 3.24. The van der Waals surface area contributed by atoms with Crippen molar-refractivity contribution in [3.8, 4) is 0 Å². The molecule has 0 aliphatic carbocycles. The van der Waals surface area contributed by atoms with Gasteiger partial charge in [-0.1, -0.05) is 30.3 Å². The Morgan fingerprint density at radius 1 is 1.12 bits per heavy atom. The standard InChI is InChI=1S/C21H30N4O/c1-18(2)25-17-20(16-22-25)21(26)24-13-7-12-23(14-15-24)11-6-10-19-8-4-3-5-9-19/h3-5,8-9,16-18H,6-7,10-15H2,1-2H3. The van der Waals surface area contributed by atoms with Gasteiger partial charge in [-0.2, -0.15) is 5.10 Å². The van der Waals surface area contributed by atoms with Gasteiger partial charge in [0.15, 0.2) is 0 Å². The fourth-order valence-electron chi connectivity index (χ4n) is 3.46. The van der Waals surface area contributed by atoms with E-state index in [2.05, 4.69) is 54.2 Å². The van der Waals surface area contributed by atoms with Crippen molar-refractivity contribution >= 4 is 5.91 Å². The van der Waals surface area contributed by atoms with Gasteiger partial charge >= 0.3 is 0 Å². The van der Waals surface area contributed by atoms with Gasteiger partial charge in [-0.15, -0.1) is 0 Å². The summed E-state index contributed by atoms with van der Waals surface area (Å²) in [6.07, 6.45) is 6.89. The van der Waals surface area contributed by atoms with Gasteiger partial charge in [-0.25, -0.2) is 0 Å². The summed E-state index contributed by atoms with van der Waals surface area (Å²) in [7, 11) is 0. The van der Waals surface area contributed by atoms with E-state index in [-0.39, 0.29) is 11.9 Å². The van der Waals surface area contributed by atoms with Gasteiger partial charge < -0.3 is 9.80 Å². The van der Waals surface area contributed by atoms with Crippen molar-refractivity contribution < 1.29 is 4.79 Å².